The van der Waals surface area contributed by atoms with Gasteiger partial charge in [0.05, 0.1) is 0 Å². The molecule has 29 heavy (non-hydrogen) atoms. The SMILES string of the molecule is CC(C)(C)C(=O)N1CCC(C(=O)Nc2cccc(C#Cc3ccccn3)c2)CC1. The van der Waals surface area contributed by atoms with E-state index in [9.17, 15) is 9.59 Å². The van der Waals surface area contributed by atoms with Crippen molar-refractivity contribution in [2.75, 3.05) is 18.4 Å². The smallest absolute Gasteiger partial charge is 0.227 e. The van der Waals surface area contributed by atoms with Gasteiger partial charge in [-0.15, -0.1) is 0 Å². The van der Waals surface area contributed by atoms with Crippen LogP contribution in [0.1, 0.15) is 44.9 Å². The molecule has 5 heteroatoms. The number of hydrogen-bond acceptors (Lipinski definition) is 3. The number of carbonyl (C=O) groups is 2. The van der Waals surface area contributed by atoms with E-state index >= 15 is 0 Å². The lowest BCUT2D eigenvalue weighted by Gasteiger charge is -2.35. The number of aromatic nitrogens is 1. The molecule has 1 fully saturated rings. The third kappa shape index (κ3) is 5.68. The van der Waals surface area contributed by atoms with Gasteiger partial charge < -0.3 is 10.2 Å². The summed E-state index contributed by atoms with van der Waals surface area (Å²) in [7, 11) is 0. The van der Waals surface area contributed by atoms with E-state index in [1.807, 2.05) is 68.1 Å². The van der Waals surface area contributed by atoms with Crippen molar-refractivity contribution in [3.63, 3.8) is 0 Å². The first-order valence-electron chi connectivity index (χ1n) is 9.96. The van der Waals surface area contributed by atoms with Crippen LogP contribution < -0.4 is 5.32 Å². The van der Waals surface area contributed by atoms with Crippen molar-refractivity contribution in [3.8, 4) is 11.8 Å². The second-order valence-corrected chi connectivity index (χ2v) is 8.35. The van der Waals surface area contributed by atoms with E-state index in [-0.39, 0.29) is 23.1 Å². The minimum atomic E-state index is -0.383. The van der Waals surface area contributed by atoms with Gasteiger partial charge in [0, 0.05) is 41.9 Å². The molecule has 2 amide bonds. The van der Waals surface area contributed by atoms with Crippen molar-refractivity contribution in [1.29, 1.82) is 0 Å². The molecule has 1 saturated heterocycles. The Morgan fingerprint density at radius 3 is 2.48 bits per heavy atom. The van der Waals surface area contributed by atoms with Crippen LogP contribution in [0.3, 0.4) is 0 Å². The number of nitrogens with one attached hydrogen (secondary N) is 1. The van der Waals surface area contributed by atoms with E-state index in [1.165, 1.54) is 0 Å². The topological polar surface area (TPSA) is 62.3 Å². The number of rotatable bonds is 2. The van der Waals surface area contributed by atoms with Crippen molar-refractivity contribution in [2.24, 2.45) is 11.3 Å². The minimum Gasteiger partial charge on any atom is -0.342 e. The summed E-state index contributed by atoms with van der Waals surface area (Å²) in [6, 6.07) is 13.1. The normalized spacial score (nSPS) is 14.7. The van der Waals surface area contributed by atoms with Crippen molar-refractivity contribution < 1.29 is 9.59 Å². The molecule has 1 N–H and O–H groups in total. The molecular weight excluding hydrogens is 362 g/mol. The first kappa shape index (κ1) is 20.6. The Labute approximate surface area is 172 Å². The number of nitrogens with zero attached hydrogens (tertiary/aromatic N) is 2. The van der Waals surface area contributed by atoms with Gasteiger partial charge in [0.25, 0.3) is 0 Å². The molecule has 5 nitrogen and oxygen atoms in total. The summed E-state index contributed by atoms with van der Waals surface area (Å²) < 4.78 is 0. The molecule has 2 aromatic rings. The van der Waals surface area contributed by atoms with E-state index in [0.29, 0.717) is 31.6 Å². The quantitative estimate of drug-likeness (QED) is 0.797. The Morgan fingerprint density at radius 2 is 1.83 bits per heavy atom. The van der Waals surface area contributed by atoms with E-state index < -0.39 is 0 Å². The van der Waals surface area contributed by atoms with Gasteiger partial charge in [0.1, 0.15) is 5.69 Å². The van der Waals surface area contributed by atoms with Crippen LogP contribution in [0.5, 0.6) is 0 Å². The number of amides is 2. The molecule has 1 aliphatic heterocycles. The molecule has 3 rings (SSSR count). The molecule has 0 spiro atoms. The first-order valence-corrected chi connectivity index (χ1v) is 9.96. The Morgan fingerprint density at radius 1 is 1.07 bits per heavy atom. The molecule has 2 heterocycles. The molecule has 1 aliphatic rings. The zero-order chi connectivity index (χ0) is 20.9. The maximum absolute atomic E-state index is 12.7. The fourth-order valence-corrected chi connectivity index (χ4v) is 3.31. The van der Waals surface area contributed by atoms with Gasteiger partial charge >= 0.3 is 0 Å². The predicted molar refractivity (Wildman–Crippen MR) is 114 cm³/mol. The van der Waals surface area contributed by atoms with Gasteiger partial charge in [-0.25, -0.2) is 4.98 Å². The third-order valence-corrected chi connectivity index (χ3v) is 4.92. The van der Waals surface area contributed by atoms with E-state index in [1.54, 1.807) is 6.20 Å². The number of benzene rings is 1. The highest BCUT2D eigenvalue weighted by Gasteiger charge is 2.32. The van der Waals surface area contributed by atoms with Crippen LogP contribution in [-0.4, -0.2) is 34.8 Å². The van der Waals surface area contributed by atoms with Crippen LogP contribution in [-0.2, 0) is 9.59 Å². The minimum absolute atomic E-state index is 0.00249. The Bertz CT molecular complexity index is 928. The third-order valence-electron chi connectivity index (χ3n) is 4.92. The van der Waals surface area contributed by atoms with Crippen molar-refractivity contribution in [3.05, 3.63) is 59.9 Å². The van der Waals surface area contributed by atoms with E-state index in [0.717, 1.165) is 11.3 Å². The summed E-state index contributed by atoms with van der Waals surface area (Å²) in [6.07, 6.45) is 3.08. The highest BCUT2D eigenvalue weighted by atomic mass is 16.2. The molecule has 0 aliphatic carbocycles. The second kappa shape index (κ2) is 8.91. The molecule has 0 bridgehead atoms. The fraction of sp³-hybridized carbons (Fsp3) is 0.375. The maximum Gasteiger partial charge on any atom is 0.227 e. The zero-order valence-electron chi connectivity index (χ0n) is 17.2. The number of pyridine rings is 1. The van der Waals surface area contributed by atoms with Crippen LogP contribution in [0, 0.1) is 23.2 Å². The maximum atomic E-state index is 12.7. The molecule has 0 radical (unpaired) electrons. The lowest BCUT2D eigenvalue weighted by Crippen LogP contribution is -2.45. The Kier molecular flexibility index (Phi) is 6.33. The lowest BCUT2D eigenvalue weighted by molar-refractivity contribution is -0.142. The Hall–Kier alpha value is -3.13. The first-order chi connectivity index (χ1) is 13.8. The van der Waals surface area contributed by atoms with E-state index in [4.69, 9.17) is 0 Å². The van der Waals surface area contributed by atoms with Crippen molar-refractivity contribution in [1.82, 2.24) is 9.88 Å². The van der Waals surface area contributed by atoms with Gasteiger partial charge in [-0.2, -0.15) is 0 Å². The van der Waals surface area contributed by atoms with Gasteiger partial charge in [-0.1, -0.05) is 38.8 Å². The predicted octanol–water partition coefficient (Wildman–Crippen LogP) is 3.70. The van der Waals surface area contributed by atoms with Crippen LogP contribution in [0.15, 0.2) is 48.7 Å². The molecule has 1 aromatic carbocycles. The number of likely N-dealkylation sites (tertiary alicyclic amines) is 1. The average molecular weight is 389 g/mol. The van der Waals surface area contributed by atoms with Crippen molar-refractivity contribution in [2.45, 2.75) is 33.6 Å². The zero-order valence-corrected chi connectivity index (χ0v) is 17.2. The summed E-state index contributed by atoms with van der Waals surface area (Å²) in [5, 5.41) is 3.00. The molecule has 1 aromatic heterocycles. The summed E-state index contributed by atoms with van der Waals surface area (Å²) in [4.78, 5) is 31.1. The monoisotopic (exact) mass is 389 g/mol. The fourth-order valence-electron chi connectivity index (χ4n) is 3.31. The van der Waals surface area contributed by atoms with Crippen LogP contribution in [0.25, 0.3) is 0 Å². The summed E-state index contributed by atoms with van der Waals surface area (Å²) in [5.74, 6) is 6.17. The van der Waals surface area contributed by atoms with Gasteiger partial charge in [0.15, 0.2) is 0 Å². The van der Waals surface area contributed by atoms with Gasteiger partial charge in [-0.05, 0) is 49.1 Å². The molecule has 0 unspecified atom stereocenters. The van der Waals surface area contributed by atoms with Crippen LogP contribution in [0.4, 0.5) is 5.69 Å². The second-order valence-electron chi connectivity index (χ2n) is 8.35. The number of piperidine rings is 1. The standard InChI is InChI=1S/C24H27N3O2/c1-24(2,3)23(29)27-15-12-19(13-16-27)22(28)26-21-9-6-7-18(17-21)10-11-20-8-4-5-14-25-20/h4-9,14,17,19H,12-13,15-16H2,1-3H3,(H,26,28). The van der Waals surface area contributed by atoms with Crippen molar-refractivity contribution >= 4 is 17.5 Å². The summed E-state index contributed by atoms with van der Waals surface area (Å²) >= 11 is 0. The highest BCUT2D eigenvalue weighted by Crippen LogP contribution is 2.24. The summed E-state index contributed by atoms with van der Waals surface area (Å²) in [6.45, 7) is 7.04. The molecule has 150 valence electrons. The van der Waals surface area contributed by atoms with Crippen LogP contribution >= 0.6 is 0 Å². The summed E-state index contributed by atoms with van der Waals surface area (Å²) in [5.41, 5.74) is 1.87. The molecule has 0 saturated carbocycles. The number of hydrogen-bond donors (Lipinski definition) is 1. The van der Waals surface area contributed by atoms with E-state index in [2.05, 4.69) is 22.1 Å². The van der Waals surface area contributed by atoms with Gasteiger partial charge in [-0.3, -0.25) is 9.59 Å². The number of carbonyl (C=O) groups excluding carboxylic acids is 2. The lowest BCUT2D eigenvalue weighted by atomic mass is 9.90. The largest absolute Gasteiger partial charge is 0.342 e. The number of anilines is 1. The molecular formula is C24H27N3O2. The van der Waals surface area contributed by atoms with Crippen LogP contribution in [0.2, 0.25) is 0 Å². The van der Waals surface area contributed by atoms with Gasteiger partial charge in [0.2, 0.25) is 11.8 Å². The average Bonchev–Trinajstić information content (AvgIpc) is 2.72. The Balaban J connectivity index is 1.58. The molecule has 0 atom stereocenters. The highest BCUT2D eigenvalue weighted by molar-refractivity contribution is 5.93.